The molecule has 1 saturated heterocycles. The Bertz CT molecular complexity index is 128. The van der Waals surface area contributed by atoms with E-state index in [1.54, 1.807) is 0 Å². The van der Waals surface area contributed by atoms with Gasteiger partial charge in [-0.3, -0.25) is 0 Å². The molecule has 0 saturated carbocycles. The molecule has 1 aliphatic rings. The molecule has 0 atom stereocenters. The number of likely N-dealkylation sites (N-methyl/N-ethyl adjacent to an activating group) is 1. The zero-order chi connectivity index (χ0) is 6.85. The zero-order valence-corrected chi connectivity index (χ0v) is 8.57. The van der Waals surface area contributed by atoms with Gasteiger partial charge in [-0.25, -0.2) is 0 Å². The fraction of sp³-hybridized carbons (Fsp3) is 0.800. The monoisotopic (exact) mass is 257 g/mol. The van der Waals surface area contributed by atoms with Crippen LogP contribution in [0.2, 0.25) is 0 Å². The van der Waals surface area contributed by atoms with Crippen molar-refractivity contribution < 1.29 is 21.5 Å². The molecule has 0 aromatic carbocycles. The van der Waals surface area contributed by atoms with Gasteiger partial charge >= 0.3 is 71.9 Å². The van der Waals surface area contributed by atoms with Crippen LogP contribution in [0.15, 0.2) is 0 Å². The van der Waals surface area contributed by atoms with Gasteiger partial charge in [-0.2, -0.15) is 0 Å². The van der Waals surface area contributed by atoms with Gasteiger partial charge in [0.2, 0.25) is 0 Å². The molecule has 1 aliphatic heterocycles. The second-order valence-electron chi connectivity index (χ2n) is 1.96. The van der Waals surface area contributed by atoms with E-state index >= 15 is 0 Å². The molecule has 1 rings (SSSR count). The summed E-state index contributed by atoms with van der Waals surface area (Å²) in [6, 6.07) is 0. The fourth-order valence-corrected chi connectivity index (χ4v) is 2.90. The molecule has 0 spiro atoms. The van der Waals surface area contributed by atoms with Crippen LogP contribution in [0.3, 0.4) is 0 Å². The van der Waals surface area contributed by atoms with Gasteiger partial charge in [0.15, 0.2) is 0 Å². The Hall–Kier alpha value is 0.420. The molecule has 0 aliphatic carbocycles. The van der Waals surface area contributed by atoms with E-state index in [0.29, 0.717) is 0 Å². The third-order valence-electron chi connectivity index (χ3n) is 1.37. The fourth-order valence-electron chi connectivity index (χ4n) is 0.771. The molecule has 0 aromatic heterocycles. The van der Waals surface area contributed by atoms with Gasteiger partial charge in [-0.15, -0.1) is 0 Å². The number of hydrogen-bond donors (Lipinski definition) is 0. The first-order valence-corrected chi connectivity index (χ1v) is 6.31. The molecular formula is C5H10IN2S-. The van der Waals surface area contributed by atoms with E-state index in [4.69, 9.17) is 12.2 Å². The Morgan fingerprint density at radius 3 is 2.44 bits per heavy atom. The van der Waals surface area contributed by atoms with Crippen LogP contribution in [0.1, 0.15) is 0 Å². The number of nitrogens with zero attached hydrogens (tertiary/aromatic N) is 2. The minimum absolute atomic E-state index is 0.187. The molecule has 0 amide bonds. The van der Waals surface area contributed by atoms with Crippen molar-refractivity contribution in [2.75, 3.05) is 25.1 Å². The van der Waals surface area contributed by atoms with Gasteiger partial charge in [0, 0.05) is 0 Å². The van der Waals surface area contributed by atoms with E-state index in [0.717, 1.165) is 18.2 Å². The van der Waals surface area contributed by atoms with Crippen LogP contribution in [0.4, 0.5) is 0 Å². The second-order valence-corrected chi connectivity index (χ2v) is 4.45. The summed E-state index contributed by atoms with van der Waals surface area (Å²) >= 11 is 5.33. The summed E-state index contributed by atoms with van der Waals surface area (Å²) in [6.07, 6.45) is 0. The molecule has 0 radical (unpaired) electrons. The van der Waals surface area contributed by atoms with E-state index < -0.39 is 0 Å². The van der Waals surface area contributed by atoms with Crippen molar-refractivity contribution in [2.45, 2.75) is 0 Å². The van der Waals surface area contributed by atoms with Crippen molar-refractivity contribution in [3.63, 3.8) is 0 Å². The van der Waals surface area contributed by atoms with Gasteiger partial charge in [-0.1, -0.05) is 0 Å². The van der Waals surface area contributed by atoms with Gasteiger partial charge in [0.25, 0.3) is 0 Å². The average Bonchev–Trinajstić information content (AvgIpc) is 2.15. The van der Waals surface area contributed by atoms with Crippen LogP contribution in [-0.2, 0) is 0 Å². The van der Waals surface area contributed by atoms with Crippen LogP contribution in [0.5, 0.6) is 0 Å². The van der Waals surface area contributed by atoms with Crippen molar-refractivity contribution in [1.29, 1.82) is 0 Å². The van der Waals surface area contributed by atoms with Crippen molar-refractivity contribution in [2.24, 2.45) is 0 Å². The molecule has 2 nitrogen and oxygen atoms in total. The number of rotatable bonds is 1. The number of thiocarbonyl (C=S) groups is 1. The van der Waals surface area contributed by atoms with Crippen molar-refractivity contribution in [3.05, 3.63) is 0 Å². The Balaban J connectivity index is 2.51. The molecule has 0 unspecified atom stereocenters. The second kappa shape index (κ2) is 3.01. The normalized spacial score (nSPS) is 20.0. The van der Waals surface area contributed by atoms with E-state index in [9.17, 15) is 0 Å². The number of hydrogen-bond acceptors (Lipinski definition) is 1. The van der Waals surface area contributed by atoms with Crippen LogP contribution >= 0.6 is 12.2 Å². The van der Waals surface area contributed by atoms with Gasteiger partial charge in [0.05, 0.1) is 0 Å². The number of halogens is 1. The third-order valence-corrected chi connectivity index (χ3v) is 4.33. The van der Waals surface area contributed by atoms with Crippen molar-refractivity contribution >= 4 is 17.3 Å². The first kappa shape index (κ1) is 7.53. The SMILES string of the molecule is C[I-]N1CCN(C)C1=S. The van der Waals surface area contributed by atoms with Gasteiger partial charge in [-0.05, 0) is 0 Å². The molecule has 1 fully saturated rings. The van der Waals surface area contributed by atoms with Crippen LogP contribution < -0.4 is 21.5 Å². The van der Waals surface area contributed by atoms with Crippen molar-refractivity contribution in [3.8, 4) is 0 Å². The van der Waals surface area contributed by atoms with E-state index in [1.165, 1.54) is 0 Å². The van der Waals surface area contributed by atoms with Crippen LogP contribution in [0.25, 0.3) is 0 Å². The molecule has 4 heteroatoms. The Labute approximate surface area is 71.8 Å². The molecule has 0 bridgehead atoms. The quantitative estimate of drug-likeness (QED) is 0.216. The molecule has 0 aromatic rings. The summed E-state index contributed by atoms with van der Waals surface area (Å²) < 4.78 is 2.31. The summed E-state index contributed by atoms with van der Waals surface area (Å²) in [5, 5.41) is 1.05. The average molecular weight is 257 g/mol. The van der Waals surface area contributed by atoms with Crippen LogP contribution in [-0.4, -0.2) is 38.2 Å². The summed E-state index contributed by atoms with van der Waals surface area (Å²) in [5.41, 5.74) is 0. The maximum absolute atomic E-state index is 5.14. The Morgan fingerprint density at radius 1 is 1.56 bits per heavy atom. The zero-order valence-electron chi connectivity index (χ0n) is 5.59. The van der Waals surface area contributed by atoms with E-state index in [2.05, 4.69) is 20.0 Å². The third kappa shape index (κ3) is 1.46. The van der Waals surface area contributed by atoms with E-state index in [-0.39, 0.29) is 21.5 Å². The molecule has 9 heavy (non-hydrogen) atoms. The standard InChI is InChI=1S/C5H10IN2S/c1-6-8-4-3-7(2)5(8)9/h3-4H2,1-2H3/q-1. The Kier molecular flexibility index (Phi) is 2.51. The minimum atomic E-state index is 0.187. The molecular weight excluding hydrogens is 247 g/mol. The topological polar surface area (TPSA) is 6.48 Å². The summed E-state index contributed by atoms with van der Waals surface area (Å²) in [4.78, 5) is 4.38. The summed E-state index contributed by atoms with van der Waals surface area (Å²) in [6.45, 7) is 2.27. The number of alkyl halides is 1. The van der Waals surface area contributed by atoms with E-state index in [1.807, 2.05) is 0 Å². The maximum atomic E-state index is 5.14. The first-order chi connectivity index (χ1) is 4.25. The molecule has 0 N–H and O–H groups in total. The Morgan fingerprint density at radius 2 is 2.22 bits per heavy atom. The molecule has 1 heterocycles. The van der Waals surface area contributed by atoms with Crippen LogP contribution in [0, 0.1) is 0 Å². The van der Waals surface area contributed by atoms with Gasteiger partial charge in [0.1, 0.15) is 0 Å². The predicted octanol–water partition coefficient (Wildman–Crippen LogP) is -2.85. The van der Waals surface area contributed by atoms with Gasteiger partial charge < -0.3 is 0 Å². The molecule has 54 valence electrons. The van der Waals surface area contributed by atoms with Crippen molar-refractivity contribution in [1.82, 2.24) is 8.01 Å². The first-order valence-electron chi connectivity index (χ1n) is 2.78. The predicted molar refractivity (Wildman–Crippen MR) is 37.9 cm³/mol. The summed E-state index contributed by atoms with van der Waals surface area (Å²) in [5.74, 6) is 0. The summed E-state index contributed by atoms with van der Waals surface area (Å²) in [7, 11) is 2.06.